The van der Waals surface area contributed by atoms with Crippen molar-refractivity contribution in [2.75, 3.05) is 0 Å². The molecule has 0 bridgehead atoms. The van der Waals surface area contributed by atoms with Gasteiger partial charge in [0.05, 0.1) is 0 Å². The van der Waals surface area contributed by atoms with E-state index in [1.54, 1.807) is 0 Å². The van der Waals surface area contributed by atoms with Gasteiger partial charge in [-0.15, -0.1) is 0 Å². The first-order valence-electron chi connectivity index (χ1n) is 7.02. The van der Waals surface area contributed by atoms with Gasteiger partial charge in [-0.3, -0.25) is 4.79 Å². The predicted molar refractivity (Wildman–Crippen MR) is 84.4 cm³/mol. The number of fused-ring (bicyclic) bond motifs is 3. The summed E-state index contributed by atoms with van der Waals surface area (Å²) in [6.07, 6.45) is 0. The Kier molecular flexibility index (Phi) is 2.63. The fourth-order valence-electron chi connectivity index (χ4n) is 3.11. The molecular formula is C19H12O3. The lowest BCUT2D eigenvalue weighted by atomic mass is 9.88. The van der Waals surface area contributed by atoms with E-state index < -0.39 is 17.9 Å². The van der Waals surface area contributed by atoms with Crippen LogP contribution in [0, 0.1) is 0 Å². The van der Waals surface area contributed by atoms with Gasteiger partial charge in [0.25, 0.3) is 0 Å². The number of esters is 2. The average Bonchev–Trinajstić information content (AvgIpc) is 2.79. The van der Waals surface area contributed by atoms with Crippen LogP contribution in [0.3, 0.4) is 0 Å². The largest absolute Gasteiger partial charge is 0.389 e. The van der Waals surface area contributed by atoms with Crippen LogP contribution in [-0.4, -0.2) is 11.9 Å². The number of carbonyl (C=O) groups excluding carboxylic acids is 2. The average molecular weight is 288 g/mol. The predicted octanol–water partition coefficient (Wildman–Crippen LogP) is 3.72. The van der Waals surface area contributed by atoms with Crippen LogP contribution in [0.25, 0.3) is 21.5 Å². The van der Waals surface area contributed by atoms with E-state index in [2.05, 4.69) is 6.58 Å². The Labute approximate surface area is 126 Å². The molecule has 22 heavy (non-hydrogen) atoms. The van der Waals surface area contributed by atoms with E-state index in [0.29, 0.717) is 0 Å². The van der Waals surface area contributed by atoms with Gasteiger partial charge in [-0.05, 0) is 27.1 Å². The first-order chi connectivity index (χ1) is 10.7. The molecular weight excluding hydrogens is 276 g/mol. The lowest BCUT2D eigenvalue weighted by Crippen LogP contribution is -2.07. The molecule has 1 aliphatic rings. The van der Waals surface area contributed by atoms with Gasteiger partial charge in [0.15, 0.2) is 0 Å². The second-order valence-corrected chi connectivity index (χ2v) is 5.40. The number of rotatable bonds is 1. The standard InChI is InChI=1S/C19H12O3/c1-11-17(19(21)22-18(11)20)16-8-4-7-14-13-6-3-2-5-12(13)9-10-15(14)16/h2-10,17H,1H2. The molecule has 3 aromatic carbocycles. The molecule has 0 spiro atoms. The van der Waals surface area contributed by atoms with Gasteiger partial charge in [0.2, 0.25) is 0 Å². The number of ether oxygens (including phenoxy) is 1. The van der Waals surface area contributed by atoms with Crippen molar-refractivity contribution in [3.63, 3.8) is 0 Å². The van der Waals surface area contributed by atoms with E-state index in [1.165, 1.54) is 0 Å². The molecule has 106 valence electrons. The highest BCUT2D eigenvalue weighted by atomic mass is 16.6. The summed E-state index contributed by atoms with van der Waals surface area (Å²) in [4.78, 5) is 23.6. The molecule has 1 unspecified atom stereocenters. The van der Waals surface area contributed by atoms with E-state index >= 15 is 0 Å². The minimum Gasteiger partial charge on any atom is -0.389 e. The van der Waals surface area contributed by atoms with Crippen molar-refractivity contribution in [3.05, 3.63) is 72.3 Å². The highest BCUT2D eigenvalue weighted by Crippen LogP contribution is 2.37. The van der Waals surface area contributed by atoms with Crippen LogP contribution in [-0.2, 0) is 14.3 Å². The van der Waals surface area contributed by atoms with E-state index in [0.717, 1.165) is 27.1 Å². The van der Waals surface area contributed by atoms with Gasteiger partial charge in [-0.25, -0.2) is 4.79 Å². The first-order valence-corrected chi connectivity index (χ1v) is 7.02. The Bertz CT molecular complexity index is 969. The third-order valence-corrected chi connectivity index (χ3v) is 4.17. The zero-order valence-corrected chi connectivity index (χ0v) is 11.7. The lowest BCUT2D eigenvalue weighted by Gasteiger charge is -2.12. The minimum absolute atomic E-state index is 0.200. The molecule has 3 heteroatoms. The van der Waals surface area contributed by atoms with Crippen LogP contribution in [0.2, 0.25) is 0 Å². The van der Waals surface area contributed by atoms with Gasteiger partial charge >= 0.3 is 11.9 Å². The van der Waals surface area contributed by atoms with Crippen LogP contribution >= 0.6 is 0 Å². The maximum atomic E-state index is 12.0. The van der Waals surface area contributed by atoms with Crippen LogP contribution in [0.5, 0.6) is 0 Å². The molecule has 3 aromatic rings. The third kappa shape index (κ3) is 1.69. The highest BCUT2D eigenvalue weighted by Gasteiger charge is 2.39. The fourth-order valence-corrected chi connectivity index (χ4v) is 3.11. The molecule has 4 rings (SSSR count). The Hall–Kier alpha value is -2.94. The molecule has 1 saturated heterocycles. The SMILES string of the molecule is C=C1C(=O)OC(=O)C1c1cccc2c1ccc1ccccc12. The Morgan fingerprint density at radius 1 is 0.818 bits per heavy atom. The lowest BCUT2D eigenvalue weighted by molar-refractivity contribution is -0.151. The zero-order valence-electron chi connectivity index (χ0n) is 11.7. The van der Waals surface area contributed by atoms with E-state index in [-0.39, 0.29) is 5.57 Å². The Balaban J connectivity index is 2.04. The summed E-state index contributed by atoms with van der Waals surface area (Å²) in [6.45, 7) is 3.72. The highest BCUT2D eigenvalue weighted by molar-refractivity contribution is 6.14. The van der Waals surface area contributed by atoms with Crippen molar-refractivity contribution in [2.45, 2.75) is 5.92 Å². The maximum Gasteiger partial charge on any atom is 0.342 e. The number of carbonyl (C=O) groups is 2. The fraction of sp³-hybridized carbons (Fsp3) is 0.0526. The minimum atomic E-state index is -0.711. The van der Waals surface area contributed by atoms with Crippen molar-refractivity contribution in [1.29, 1.82) is 0 Å². The van der Waals surface area contributed by atoms with E-state index in [9.17, 15) is 9.59 Å². The van der Waals surface area contributed by atoms with Gasteiger partial charge < -0.3 is 4.74 Å². The summed E-state index contributed by atoms with van der Waals surface area (Å²) in [5.41, 5.74) is 0.967. The normalized spacial score (nSPS) is 18.2. The van der Waals surface area contributed by atoms with Gasteiger partial charge in [0, 0.05) is 5.57 Å². The van der Waals surface area contributed by atoms with Crippen molar-refractivity contribution in [2.24, 2.45) is 0 Å². The molecule has 0 aliphatic carbocycles. The summed E-state index contributed by atoms with van der Waals surface area (Å²) < 4.78 is 4.70. The Morgan fingerprint density at radius 2 is 1.59 bits per heavy atom. The number of hydrogen-bond acceptors (Lipinski definition) is 3. The van der Waals surface area contributed by atoms with E-state index in [1.807, 2.05) is 54.6 Å². The van der Waals surface area contributed by atoms with E-state index in [4.69, 9.17) is 4.74 Å². The molecule has 1 aliphatic heterocycles. The van der Waals surface area contributed by atoms with Crippen LogP contribution < -0.4 is 0 Å². The quantitative estimate of drug-likeness (QED) is 0.297. The number of cyclic esters (lactones) is 2. The second-order valence-electron chi connectivity index (χ2n) is 5.40. The third-order valence-electron chi connectivity index (χ3n) is 4.17. The zero-order chi connectivity index (χ0) is 15.3. The molecule has 1 heterocycles. The van der Waals surface area contributed by atoms with Crippen molar-refractivity contribution in [1.82, 2.24) is 0 Å². The summed E-state index contributed by atoms with van der Waals surface area (Å²) in [7, 11) is 0. The topological polar surface area (TPSA) is 43.4 Å². The van der Waals surface area contributed by atoms with Crippen molar-refractivity contribution in [3.8, 4) is 0 Å². The Morgan fingerprint density at radius 3 is 2.36 bits per heavy atom. The summed E-state index contributed by atoms with van der Waals surface area (Å²) >= 11 is 0. The van der Waals surface area contributed by atoms with Crippen LogP contribution in [0.4, 0.5) is 0 Å². The molecule has 1 atom stereocenters. The monoisotopic (exact) mass is 288 g/mol. The maximum absolute atomic E-state index is 12.0. The van der Waals surface area contributed by atoms with Crippen molar-refractivity contribution >= 4 is 33.5 Å². The van der Waals surface area contributed by atoms with Gasteiger partial charge in [-0.2, -0.15) is 0 Å². The molecule has 0 amide bonds. The molecule has 1 fully saturated rings. The number of hydrogen-bond donors (Lipinski definition) is 0. The molecule has 0 saturated carbocycles. The van der Waals surface area contributed by atoms with Gasteiger partial charge in [0.1, 0.15) is 5.92 Å². The summed E-state index contributed by atoms with van der Waals surface area (Å²) in [5.74, 6) is -1.89. The van der Waals surface area contributed by atoms with Crippen molar-refractivity contribution < 1.29 is 14.3 Å². The van der Waals surface area contributed by atoms with Crippen LogP contribution in [0.1, 0.15) is 11.5 Å². The van der Waals surface area contributed by atoms with Gasteiger partial charge in [-0.1, -0.05) is 61.2 Å². The summed E-state index contributed by atoms with van der Waals surface area (Å²) in [5, 5.41) is 4.25. The molecule has 3 nitrogen and oxygen atoms in total. The second kappa shape index (κ2) is 4.53. The molecule has 0 aromatic heterocycles. The first kappa shape index (κ1) is 12.8. The molecule has 0 radical (unpaired) electrons. The number of benzene rings is 3. The smallest absolute Gasteiger partial charge is 0.342 e. The molecule has 0 N–H and O–H groups in total. The summed E-state index contributed by atoms with van der Waals surface area (Å²) in [6, 6.07) is 17.9. The van der Waals surface area contributed by atoms with Crippen LogP contribution in [0.15, 0.2) is 66.7 Å².